The molecule has 0 bridgehead atoms. The number of rotatable bonds is 0. The van der Waals surface area contributed by atoms with E-state index in [1.165, 1.54) is 37.1 Å². The standard InChI is InChI=1S/C13H11N2S/c1-7-5-15-6-9-3-4-14-13-10(9)11(15)12(16-13)8(7)2/h3-5H,6H2,1-2H3/q+1. The predicted octanol–water partition coefficient (Wildman–Crippen LogP) is 2.72. The van der Waals surface area contributed by atoms with Gasteiger partial charge in [0, 0.05) is 17.3 Å². The van der Waals surface area contributed by atoms with Crippen molar-refractivity contribution in [2.45, 2.75) is 20.4 Å². The molecule has 0 unspecified atom stereocenters. The molecular formula is C13H11N2S+. The molecular weight excluding hydrogens is 216 g/mol. The number of pyridine rings is 2. The van der Waals surface area contributed by atoms with Gasteiger partial charge in [0.05, 0.1) is 5.39 Å². The Labute approximate surface area is 97.2 Å². The second-order valence-corrected chi connectivity index (χ2v) is 5.49. The van der Waals surface area contributed by atoms with E-state index in [1.807, 2.05) is 17.5 Å². The predicted molar refractivity (Wildman–Crippen MR) is 65.9 cm³/mol. The third kappa shape index (κ3) is 0.838. The quantitative estimate of drug-likeness (QED) is 0.422. The molecule has 2 nitrogen and oxygen atoms in total. The van der Waals surface area contributed by atoms with Crippen molar-refractivity contribution in [1.82, 2.24) is 4.98 Å². The summed E-state index contributed by atoms with van der Waals surface area (Å²) >= 11 is 1.83. The van der Waals surface area contributed by atoms with E-state index in [2.05, 4.69) is 35.7 Å². The Morgan fingerprint density at radius 1 is 1.38 bits per heavy atom. The van der Waals surface area contributed by atoms with Crippen LogP contribution in [0.5, 0.6) is 0 Å². The highest BCUT2D eigenvalue weighted by Crippen LogP contribution is 2.37. The smallest absolute Gasteiger partial charge is 0.234 e. The molecule has 3 aromatic rings. The van der Waals surface area contributed by atoms with Gasteiger partial charge in [0.1, 0.15) is 9.53 Å². The molecule has 0 spiro atoms. The van der Waals surface area contributed by atoms with Crippen LogP contribution in [0.2, 0.25) is 0 Å². The molecule has 4 rings (SSSR count). The fraction of sp³-hybridized carbons (Fsp3) is 0.231. The first-order valence-electron chi connectivity index (χ1n) is 5.45. The molecule has 4 heterocycles. The highest BCUT2D eigenvalue weighted by Gasteiger charge is 2.28. The topological polar surface area (TPSA) is 16.8 Å². The van der Waals surface area contributed by atoms with Crippen LogP contribution in [0, 0.1) is 13.8 Å². The van der Waals surface area contributed by atoms with Crippen molar-refractivity contribution in [3.63, 3.8) is 0 Å². The van der Waals surface area contributed by atoms with E-state index in [0.717, 1.165) is 6.54 Å². The number of hydrogen-bond donors (Lipinski definition) is 0. The van der Waals surface area contributed by atoms with Crippen LogP contribution in [0.25, 0.3) is 20.4 Å². The lowest BCUT2D eigenvalue weighted by molar-refractivity contribution is -0.658. The summed E-state index contributed by atoms with van der Waals surface area (Å²) in [6.45, 7) is 5.41. The average Bonchev–Trinajstić information content (AvgIpc) is 2.82. The van der Waals surface area contributed by atoms with Gasteiger partial charge in [-0.15, -0.1) is 11.3 Å². The molecule has 3 aromatic heterocycles. The minimum absolute atomic E-state index is 1.01. The maximum Gasteiger partial charge on any atom is 0.234 e. The van der Waals surface area contributed by atoms with E-state index in [9.17, 15) is 0 Å². The van der Waals surface area contributed by atoms with Crippen LogP contribution in [-0.2, 0) is 6.54 Å². The first-order chi connectivity index (χ1) is 7.75. The van der Waals surface area contributed by atoms with E-state index in [1.54, 1.807) is 0 Å². The molecule has 78 valence electrons. The van der Waals surface area contributed by atoms with Gasteiger partial charge in [-0.1, -0.05) is 0 Å². The Hall–Kier alpha value is -1.48. The summed E-state index contributed by atoms with van der Waals surface area (Å²) in [5.74, 6) is 0. The number of aromatic nitrogens is 2. The highest BCUT2D eigenvalue weighted by molar-refractivity contribution is 7.25. The van der Waals surface area contributed by atoms with Gasteiger partial charge in [0.25, 0.3) is 0 Å². The average molecular weight is 227 g/mol. The maximum absolute atomic E-state index is 4.49. The minimum atomic E-state index is 1.01. The molecule has 0 aromatic carbocycles. The highest BCUT2D eigenvalue weighted by atomic mass is 32.1. The van der Waals surface area contributed by atoms with Crippen molar-refractivity contribution in [3.8, 4) is 0 Å². The first kappa shape index (κ1) is 8.65. The maximum atomic E-state index is 4.49. The van der Waals surface area contributed by atoms with E-state index in [4.69, 9.17) is 0 Å². The molecule has 0 amide bonds. The Morgan fingerprint density at radius 3 is 3.12 bits per heavy atom. The normalized spacial score (nSPS) is 13.4. The van der Waals surface area contributed by atoms with Crippen LogP contribution in [0.15, 0.2) is 18.5 Å². The monoisotopic (exact) mass is 227 g/mol. The fourth-order valence-electron chi connectivity index (χ4n) is 2.61. The second kappa shape index (κ2) is 2.61. The van der Waals surface area contributed by atoms with Crippen molar-refractivity contribution in [1.29, 1.82) is 0 Å². The molecule has 0 fully saturated rings. The summed E-state index contributed by atoms with van der Waals surface area (Å²) in [4.78, 5) is 5.68. The van der Waals surface area contributed by atoms with Crippen molar-refractivity contribution < 1.29 is 4.57 Å². The Kier molecular flexibility index (Phi) is 1.41. The number of aryl methyl sites for hydroxylation is 2. The molecule has 1 aliphatic rings. The molecule has 0 radical (unpaired) electrons. The number of nitrogens with zero attached hydrogens (tertiary/aromatic N) is 2. The molecule has 1 aliphatic heterocycles. The molecule has 3 heteroatoms. The lowest BCUT2D eigenvalue weighted by Crippen LogP contribution is -2.31. The molecule has 16 heavy (non-hydrogen) atoms. The van der Waals surface area contributed by atoms with Crippen LogP contribution in [0.3, 0.4) is 0 Å². The largest absolute Gasteiger partial charge is 0.245 e. The lowest BCUT2D eigenvalue weighted by Gasteiger charge is -1.99. The van der Waals surface area contributed by atoms with Crippen LogP contribution < -0.4 is 4.57 Å². The summed E-state index contributed by atoms with van der Waals surface area (Å²) in [5.41, 5.74) is 5.59. The van der Waals surface area contributed by atoms with Crippen molar-refractivity contribution >= 4 is 31.8 Å². The van der Waals surface area contributed by atoms with Crippen LogP contribution in [-0.4, -0.2) is 4.98 Å². The third-order valence-electron chi connectivity index (χ3n) is 3.56. The van der Waals surface area contributed by atoms with Crippen LogP contribution >= 0.6 is 11.3 Å². The van der Waals surface area contributed by atoms with Crippen LogP contribution in [0.1, 0.15) is 16.7 Å². The van der Waals surface area contributed by atoms with Gasteiger partial charge >= 0.3 is 0 Å². The SMILES string of the molecule is Cc1c[n+]2c3c(sc4nccc(c43)C2)c1C. The summed E-state index contributed by atoms with van der Waals surface area (Å²) in [7, 11) is 0. The Morgan fingerprint density at radius 2 is 2.25 bits per heavy atom. The van der Waals surface area contributed by atoms with E-state index in [0.29, 0.717) is 0 Å². The van der Waals surface area contributed by atoms with Crippen LogP contribution in [0.4, 0.5) is 0 Å². The Balaban J connectivity index is 2.39. The number of thiophene rings is 1. The molecule has 0 N–H and O–H groups in total. The molecule has 0 saturated heterocycles. The first-order valence-corrected chi connectivity index (χ1v) is 6.27. The van der Waals surface area contributed by atoms with Crippen molar-refractivity contribution in [3.05, 3.63) is 35.2 Å². The molecule has 0 atom stereocenters. The van der Waals surface area contributed by atoms with E-state index >= 15 is 0 Å². The zero-order chi connectivity index (χ0) is 10.9. The van der Waals surface area contributed by atoms with Gasteiger partial charge in [0.15, 0.2) is 12.7 Å². The van der Waals surface area contributed by atoms with Crippen molar-refractivity contribution in [2.75, 3.05) is 0 Å². The molecule has 0 saturated carbocycles. The number of hydrogen-bond acceptors (Lipinski definition) is 2. The molecule has 0 aliphatic carbocycles. The van der Waals surface area contributed by atoms with Gasteiger partial charge < -0.3 is 0 Å². The summed E-state index contributed by atoms with van der Waals surface area (Å²) in [5, 5.41) is 1.38. The minimum Gasteiger partial charge on any atom is -0.245 e. The second-order valence-electron chi connectivity index (χ2n) is 4.50. The summed E-state index contributed by atoms with van der Waals surface area (Å²) < 4.78 is 3.78. The van der Waals surface area contributed by atoms with E-state index < -0.39 is 0 Å². The van der Waals surface area contributed by atoms with Gasteiger partial charge in [-0.05, 0) is 25.5 Å². The fourth-order valence-corrected chi connectivity index (χ4v) is 3.88. The lowest BCUT2D eigenvalue weighted by atomic mass is 10.1. The Bertz CT molecular complexity index is 756. The van der Waals surface area contributed by atoms with Gasteiger partial charge in [0.2, 0.25) is 5.52 Å². The van der Waals surface area contributed by atoms with Gasteiger partial charge in [-0.3, -0.25) is 0 Å². The van der Waals surface area contributed by atoms with Gasteiger partial charge in [-0.25, -0.2) is 4.98 Å². The van der Waals surface area contributed by atoms with Gasteiger partial charge in [-0.2, -0.15) is 4.57 Å². The summed E-state index contributed by atoms with van der Waals surface area (Å²) in [6.07, 6.45) is 4.20. The third-order valence-corrected chi connectivity index (χ3v) is 4.77. The zero-order valence-electron chi connectivity index (χ0n) is 9.24. The zero-order valence-corrected chi connectivity index (χ0v) is 10.1. The van der Waals surface area contributed by atoms with E-state index in [-0.39, 0.29) is 0 Å². The summed E-state index contributed by atoms with van der Waals surface area (Å²) in [6, 6.07) is 2.14. The van der Waals surface area contributed by atoms with Crippen molar-refractivity contribution in [2.24, 2.45) is 0 Å².